The summed E-state index contributed by atoms with van der Waals surface area (Å²) in [5, 5.41) is 0.640. The Bertz CT molecular complexity index is 604. The lowest BCUT2D eigenvalue weighted by atomic mass is 9.98. The van der Waals surface area contributed by atoms with Crippen molar-refractivity contribution in [1.82, 2.24) is 5.43 Å². The van der Waals surface area contributed by atoms with Gasteiger partial charge in [-0.1, -0.05) is 45.7 Å². The fourth-order valence-corrected chi connectivity index (χ4v) is 2.86. The lowest BCUT2D eigenvalue weighted by Gasteiger charge is -2.19. The number of hydrazine groups is 1. The van der Waals surface area contributed by atoms with Gasteiger partial charge in [-0.05, 0) is 41.8 Å². The SMILES string of the molecule is Cc1cc(C(NN)c2ccc(Cl)cc2Br)ccc1F. The standard InChI is InChI=1S/C14H13BrClFN2/c1-8-6-9(2-5-13(8)17)14(19-18)11-4-3-10(16)7-12(11)15/h2-7,14,19H,18H2,1H3. The van der Waals surface area contributed by atoms with E-state index in [1.54, 1.807) is 31.2 Å². The van der Waals surface area contributed by atoms with E-state index in [1.165, 1.54) is 6.07 Å². The zero-order chi connectivity index (χ0) is 14.0. The molecular weight excluding hydrogens is 331 g/mol. The minimum Gasteiger partial charge on any atom is -0.271 e. The predicted molar refractivity (Wildman–Crippen MR) is 79.5 cm³/mol. The van der Waals surface area contributed by atoms with Crippen LogP contribution in [-0.2, 0) is 0 Å². The summed E-state index contributed by atoms with van der Waals surface area (Å²) in [7, 11) is 0. The van der Waals surface area contributed by atoms with Crippen molar-refractivity contribution >= 4 is 27.5 Å². The second-order valence-electron chi connectivity index (χ2n) is 4.27. The summed E-state index contributed by atoms with van der Waals surface area (Å²) >= 11 is 9.39. The Kier molecular flexibility index (Phi) is 4.58. The third kappa shape index (κ3) is 3.15. The number of benzene rings is 2. The van der Waals surface area contributed by atoms with Crippen LogP contribution in [0.3, 0.4) is 0 Å². The predicted octanol–water partition coefficient (Wildman–Crippen LogP) is 4.10. The lowest BCUT2D eigenvalue weighted by Crippen LogP contribution is -2.29. The van der Waals surface area contributed by atoms with Crippen molar-refractivity contribution in [3.05, 3.63) is 68.4 Å². The summed E-state index contributed by atoms with van der Waals surface area (Å²) in [6.45, 7) is 1.73. The van der Waals surface area contributed by atoms with E-state index in [0.717, 1.165) is 15.6 Å². The van der Waals surface area contributed by atoms with Gasteiger partial charge in [0, 0.05) is 9.50 Å². The fraction of sp³-hybridized carbons (Fsp3) is 0.143. The molecule has 1 unspecified atom stereocenters. The molecule has 100 valence electrons. The first-order chi connectivity index (χ1) is 9.02. The average molecular weight is 344 g/mol. The zero-order valence-electron chi connectivity index (χ0n) is 10.3. The van der Waals surface area contributed by atoms with Crippen molar-refractivity contribution in [3.63, 3.8) is 0 Å². The van der Waals surface area contributed by atoms with E-state index in [1.807, 2.05) is 6.07 Å². The molecule has 1 atom stereocenters. The molecule has 0 heterocycles. The van der Waals surface area contributed by atoms with Crippen LogP contribution in [0.15, 0.2) is 40.9 Å². The molecule has 0 saturated heterocycles. The van der Waals surface area contributed by atoms with Gasteiger partial charge in [0.2, 0.25) is 0 Å². The van der Waals surface area contributed by atoms with Gasteiger partial charge in [-0.25, -0.2) is 9.82 Å². The molecular formula is C14H13BrClFN2. The molecule has 2 rings (SSSR count). The van der Waals surface area contributed by atoms with Gasteiger partial charge in [0.15, 0.2) is 0 Å². The van der Waals surface area contributed by atoms with Crippen LogP contribution in [0.5, 0.6) is 0 Å². The van der Waals surface area contributed by atoms with Crippen LogP contribution in [0, 0.1) is 12.7 Å². The van der Waals surface area contributed by atoms with Crippen molar-refractivity contribution in [2.45, 2.75) is 13.0 Å². The zero-order valence-corrected chi connectivity index (χ0v) is 12.6. The highest BCUT2D eigenvalue weighted by Gasteiger charge is 2.16. The molecule has 0 saturated carbocycles. The summed E-state index contributed by atoms with van der Waals surface area (Å²) in [6.07, 6.45) is 0. The molecule has 2 aromatic carbocycles. The molecule has 0 amide bonds. The normalized spacial score (nSPS) is 12.5. The fourth-order valence-electron chi connectivity index (χ4n) is 1.95. The van der Waals surface area contributed by atoms with E-state index in [-0.39, 0.29) is 11.9 Å². The van der Waals surface area contributed by atoms with Crippen molar-refractivity contribution in [3.8, 4) is 0 Å². The smallest absolute Gasteiger partial charge is 0.126 e. The Morgan fingerprint density at radius 2 is 2.00 bits per heavy atom. The van der Waals surface area contributed by atoms with Gasteiger partial charge in [-0.2, -0.15) is 0 Å². The van der Waals surface area contributed by atoms with Crippen LogP contribution >= 0.6 is 27.5 Å². The van der Waals surface area contributed by atoms with Crippen molar-refractivity contribution in [2.75, 3.05) is 0 Å². The second-order valence-corrected chi connectivity index (χ2v) is 5.56. The second kappa shape index (κ2) is 6.01. The average Bonchev–Trinajstić information content (AvgIpc) is 2.37. The van der Waals surface area contributed by atoms with Crippen LogP contribution < -0.4 is 11.3 Å². The third-order valence-corrected chi connectivity index (χ3v) is 3.88. The number of aryl methyl sites for hydroxylation is 1. The first kappa shape index (κ1) is 14.5. The molecule has 0 bridgehead atoms. The topological polar surface area (TPSA) is 38.0 Å². The van der Waals surface area contributed by atoms with Crippen molar-refractivity contribution < 1.29 is 4.39 Å². The van der Waals surface area contributed by atoms with E-state index in [0.29, 0.717) is 10.6 Å². The maximum atomic E-state index is 13.3. The molecule has 0 spiro atoms. The summed E-state index contributed by atoms with van der Waals surface area (Å²) in [5.41, 5.74) is 5.17. The van der Waals surface area contributed by atoms with Gasteiger partial charge in [0.1, 0.15) is 5.82 Å². The highest BCUT2D eigenvalue weighted by Crippen LogP contribution is 2.30. The van der Waals surface area contributed by atoms with Crippen LogP contribution in [0.25, 0.3) is 0 Å². The van der Waals surface area contributed by atoms with Gasteiger partial charge in [-0.15, -0.1) is 0 Å². The Hall–Kier alpha value is -0.940. The maximum Gasteiger partial charge on any atom is 0.126 e. The summed E-state index contributed by atoms with van der Waals surface area (Å²) in [4.78, 5) is 0. The molecule has 0 aliphatic rings. The van der Waals surface area contributed by atoms with Gasteiger partial charge in [0.05, 0.1) is 6.04 Å². The monoisotopic (exact) mass is 342 g/mol. The molecule has 19 heavy (non-hydrogen) atoms. The number of nitrogens with one attached hydrogen (secondary N) is 1. The van der Waals surface area contributed by atoms with Gasteiger partial charge in [0.25, 0.3) is 0 Å². The molecule has 2 aromatic rings. The number of rotatable bonds is 3. The molecule has 5 heteroatoms. The van der Waals surface area contributed by atoms with E-state index in [2.05, 4.69) is 21.4 Å². The molecule has 0 aromatic heterocycles. The highest BCUT2D eigenvalue weighted by atomic mass is 79.9. The van der Waals surface area contributed by atoms with Crippen molar-refractivity contribution in [2.24, 2.45) is 5.84 Å². The Labute approximate surface area is 124 Å². The number of hydrogen-bond acceptors (Lipinski definition) is 2. The Morgan fingerprint density at radius 1 is 1.26 bits per heavy atom. The van der Waals surface area contributed by atoms with E-state index in [4.69, 9.17) is 17.4 Å². The first-order valence-electron chi connectivity index (χ1n) is 5.70. The molecule has 3 N–H and O–H groups in total. The van der Waals surface area contributed by atoms with Crippen LogP contribution in [0.2, 0.25) is 5.02 Å². The van der Waals surface area contributed by atoms with Crippen LogP contribution in [0.1, 0.15) is 22.7 Å². The van der Waals surface area contributed by atoms with Crippen LogP contribution in [0.4, 0.5) is 4.39 Å². The Balaban J connectivity index is 2.46. The summed E-state index contributed by atoms with van der Waals surface area (Å²) in [5.74, 6) is 5.41. The minimum absolute atomic E-state index is 0.227. The number of nitrogens with two attached hydrogens (primary N) is 1. The van der Waals surface area contributed by atoms with Crippen molar-refractivity contribution in [1.29, 1.82) is 0 Å². The quantitative estimate of drug-likeness (QED) is 0.650. The van der Waals surface area contributed by atoms with Gasteiger partial charge >= 0.3 is 0 Å². The van der Waals surface area contributed by atoms with E-state index >= 15 is 0 Å². The van der Waals surface area contributed by atoms with Crippen LogP contribution in [-0.4, -0.2) is 0 Å². The minimum atomic E-state index is -0.231. The summed E-state index contributed by atoms with van der Waals surface area (Å²) in [6, 6.07) is 10.2. The first-order valence-corrected chi connectivity index (χ1v) is 6.87. The van der Waals surface area contributed by atoms with E-state index in [9.17, 15) is 4.39 Å². The molecule has 0 radical (unpaired) electrons. The largest absolute Gasteiger partial charge is 0.271 e. The molecule has 2 nitrogen and oxygen atoms in total. The molecule has 0 aliphatic carbocycles. The highest BCUT2D eigenvalue weighted by molar-refractivity contribution is 9.10. The van der Waals surface area contributed by atoms with Gasteiger partial charge < -0.3 is 0 Å². The molecule has 0 fully saturated rings. The van der Waals surface area contributed by atoms with Gasteiger partial charge in [-0.3, -0.25) is 5.84 Å². The lowest BCUT2D eigenvalue weighted by molar-refractivity contribution is 0.607. The number of halogens is 3. The maximum absolute atomic E-state index is 13.3. The van der Waals surface area contributed by atoms with E-state index < -0.39 is 0 Å². The number of hydrogen-bond donors (Lipinski definition) is 2. The summed E-state index contributed by atoms with van der Waals surface area (Å²) < 4.78 is 14.2. The third-order valence-electron chi connectivity index (χ3n) is 2.96. The molecule has 0 aliphatic heterocycles. The Morgan fingerprint density at radius 3 is 2.58 bits per heavy atom.